The Kier molecular flexibility index (Phi) is 23.5. The van der Waals surface area contributed by atoms with E-state index in [1.54, 1.807) is 61.3 Å². The molecule has 11 aromatic rings. The van der Waals surface area contributed by atoms with Crippen molar-refractivity contribution in [2.24, 2.45) is 0 Å². The number of aromatic nitrogens is 9. The van der Waals surface area contributed by atoms with E-state index in [2.05, 4.69) is 56.1 Å². The molecule has 3 fully saturated rings. The number of carbonyl (C=O) groups is 3. The number of anilines is 3. The summed E-state index contributed by atoms with van der Waals surface area (Å²) >= 11 is 0. The van der Waals surface area contributed by atoms with Gasteiger partial charge in [-0.25, -0.2) is 18.9 Å². The fourth-order valence-corrected chi connectivity index (χ4v) is 14.5. The smallest absolute Gasteiger partial charge is 0.790 e. The third kappa shape index (κ3) is 16.6. The molecule has 1 N–H and O–H groups in total. The van der Waals surface area contributed by atoms with Crippen LogP contribution in [0.3, 0.4) is 0 Å². The van der Waals surface area contributed by atoms with Gasteiger partial charge in [0.2, 0.25) is 17.7 Å². The number of cyclic esters (lactones) is 3. The van der Waals surface area contributed by atoms with E-state index >= 15 is 0 Å². The number of fused-ring (bicyclic) bond motifs is 9. The van der Waals surface area contributed by atoms with Crippen LogP contribution in [0, 0.1) is 20.8 Å². The topological polar surface area (TPSA) is 381 Å². The summed E-state index contributed by atoms with van der Waals surface area (Å²) in [5, 5.41) is 32.8. The summed E-state index contributed by atoms with van der Waals surface area (Å²) in [4.78, 5) is 76.9. The zero-order valence-electron chi connectivity index (χ0n) is 56.9. The summed E-state index contributed by atoms with van der Waals surface area (Å²) in [5.74, 6) is 2.51. The second-order valence-corrected chi connectivity index (χ2v) is 27.4. The van der Waals surface area contributed by atoms with Crippen molar-refractivity contribution >= 4 is 51.0 Å². The molecule has 532 valence electrons. The average molecular weight is 1490 g/mol. The van der Waals surface area contributed by atoms with Crippen LogP contribution in [0.4, 0.5) is 31.4 Å². The maximum absolute atomic E-state index is 13.8. The third-order valence-corrected chi connectivity index (χ3v) is 19.7. The van der Waals surface area contributed by atoms with E-state index in [1.807, 2.05) is 133 Å². The number of rotatable bonds is 19. The standard InChI is InChI=1S/C33H29N4O7P.C19H17N4O7P.C19H16N4O4.CH4.2Na/c1-22-35-36-32(43-22)28-14-12-26(18-34-28)25-13-15-29-27(16-25)17-30-31(44-33(38)37(29)30)21-42-45(39,40-19-23-8-4-2-5-9-23)41-20-24-10-6-3-7-11-24;1-10-21-22-18(29-10)14-4-2-12(8-20-14)11-3-5-15-13(6-11)7-16-17(9-28-31(25,26)27)30-19(24)23(15)16;1-10-21-22-18(26-10)14-4-2-12(8-20-14)11-3-5-15-13(6-11)7-16-17(9-24)27-19(25)23(15)16;;;/h2-16,18,30-31H,17,19-21H2,1H3;2-6,8,16-17H,7,9H2,1H3,(H2,25,26,27);2-6,8,16-17,24H,7,9H2,1H3;1H4;;/q;;;;2*+1/p-2/t30-,31-;2*16-,17-;;;/m000.../s1. The number of nitrogens with zero attached hydrogens (tertiary/aromatic N) is 12. The number of aliphatic hydroxyl groups excluding tert-OH is 1. The summed E-state index contributed by atoms with van der Waals surface area (Å²) in [6, 6.07) is 46.4. The van der Waals surface area contributed by atoms with Crippen molar-refractivity contribution in [3.05, 3.63) is 216 Å². The number of hydrogen-bond acceptors (Lipinski definition) is 27. The Hall–Kier alpha value is -9.04. The zero-order chi connectivity index (χ0) is 71.1. The summed E-state index contributed by atoms with van der Waals surface area (Å²) in [5.41, 5.74) is 14.2. The van der Waals surface area contributed by atoms with Gasteiger partial charge in [-0.2, -0.15) is 0 Å². The van der Waals surface area contributed by atoms with Crippen LogP contribution >= 0.6 is 15.6 Å². The Labute approximate surface area is 650 Å². The van der Waals surface area contributed by atoms with E-state index in [0.717, 1.165) is 72.6 Å². The predicted octanol–water partition coefficient (Wildman–Crippen LogP) is 5.11. The first kappa shape index (κ1) is 76.6. The van der Waals surface area contributed by atoms with Gasteiger partial charge < -0.3 is 51.4 Å². The van der Waals surface area contributed by atoms with Crippen molar-refractivity contribution in [3.8, 4) is 68.1 Å². The molecule has 0 aliphatic carbocycles. The van der Waals surface area contributed by atoms with Gasteiger partial charge in [0.15, 0.2) is 0 Å². The van der Waals surface area contributed by atoms with Gasteiger partial charge in [0.05, 0.1) is 76.0 Å². The van der Waals surface area contributed by atoms with Crippen LogP contribution in [0.15, 0.2) is 184 Å². The number of hydrogen-bond donors (Lipinski definition) is 1. The second-order valence-electron chi connectivity index (χ2n) is 24.6. The molecule has 3 saturated heterocycles. The van der Waals surface area contributed by atoms with Crippen molar-refractivity contribution < 1.29 is 143 Å². The van der Waals surface area contributed by atoms with Gasteiger partial charge in [0.1, 0.15) is 35.4 Å². The van der Waals surface area contributed by atoms with Crippen molar-refractivity contribution in [3.63, 3.8) is 0 Å². The average Bonchev–Trinajstić information content (AvgIpc) is 1.61. The van der Waals surface area contributed by atoms with Crippen LogP contribution < -0.4 is 83.6 Å². The van der Waals surface area contributed by atoms with E-state index in [1.165, 1.54) is 4.90 Å². The summed E-state index contributed by atoms with van der Waals surface area (Å²) in [7, 11) is -9.19. The number of amides is 3. The molecule has 3 amide bonds. The molecule has 0 bridgehead atoms. The van der Waals surface area contributed by atoms with Crippen LogP contribution in [0.1, 0.15) is 52.9 Å². The molecule has 17 rings (SSSR count). The molecule has 6 atom stereocenters. The monoisotopic (exact) mass is 1490 g/mol. The van der Waals surface area contributed by atoms with E-state index in [9.17, 15) is 38.4 Å². The largest absolute Gasteiger partial charge is 1.00 e. The van der Waals surface area contributed by atoms with Crippen molar-refractivity contribution in [1.29, 1.82) is 0 Å². The Morgan fingerprint density at radius 3 is 1.08 bits per heavy atom. The Bertz CT molecular complexity index is 5030. The first-order valence-corrected chi connectivity index (χ1v) is 35.4. The number of pyridine rings is 3. The molecule has 0 unspecified atom stereocenters. The molecule has 6 aliphatic heterocycles. The summed E-state index contributed by atoms with van der Waals surface area (Å²) in [6.45, 7) is 4.40. The van der Waals surface area contributed by atoms with Crippen molar-refractivity contribution in [1.82, 2.24) is 45.5 Å². The zero-order valence-corrected chi connectivity index (χ0v) is 62.7. The summed E-state index contributed by atoms with van der Waals surface area (Å²) < 4.78 is 78.5. The maximum Gasteiger partial charge on any atom is 1.00 e. The molecule has 34 heteroatoms. The first-order valence-electron chi connectivity index (χ1n) is 32.4. The molecule has 5 aromatic carbocycles. The molecule has 0 radical (unpaired) electrons. The van der Waals surface area contributed by atoms with E-state index < -0.39 is 64.9 Å². The van der Waals surface area contributed by atoms with Gasteiger partial charge >= 0.3 is 85.2 Å². The molecule has 106 heavy (non-hydrogen) atoms. The minimum absolute atomic E-state index is 0. The summed E-state index contributed by atoms with van der Waals surface area (Å²) in [6.07, 6.45) is 3.36. The van der Waals surface area contributed by atoms with Gasteiger partial charge in [-0.05, 0) is 118 Å². The van der Waals surface area contributed by atoms with E-state index in [4.69, 9.17) is 41.0 Å². The quantitative estimate of drug-likeness (QED) is 0.0624. The van der Waals surface area contributed by atoms with Gasteiger partial charge in [-0.1, -0.05) is 104 Å². The van der Waals surface area contributed by atoms with Crippen LogP contribution in [0.5, 0.6) is 0 Å². The van der Waals surface area contributed by atoms with Gasteiger partial charge in [-0.3, -0.25) is 43.2 Å². The van der Waals surface area contributed by atoms with Crippen molar-refractivity contribution in [2.45, 2.75) is 97.1 Å². The number of aliphatic hydroxyl groups is 1. The minimum Gasteiger partial charge on any atom is -0.790 e. The molecular formula is C72H64N12Na2O18P2. The fourth-order valence-electron chi connectivity index (χ4n) is 13.0. The molecule has 12 heterocycles. The van der Waals surface area contributed by atoms with Crippen LogP contribution in [0.2, 0.25) is 0 Å². The first-order chi connectivity index (χ1) is 49.9. The Morgan fingerprint density at radius 2 is 0.774 bits per heavy atom. The molecule has 6 aliphatic rings. The van der Waals surface area contributed by atoms with Gasteiger partial charge in [-0.15, -0.1) is 30.6 Å². The normalized spacial score (nSPS) is 18.4. The molecule has 6 aromatic heterocycles. The van der Waals surface area contributed by atoms with E-state index in [0.29, 0.717) is 77.4 Å². The number of benzene rings is 5. The Morgan fingerprint density at radius 1 is 0.443 bits per heavy atom. The predicted molar refractivity (Wildman–Crippen MR) is 367 cm³/mol. The fraction of sp³-hybridized carbons (Fsp3) is 0.250. The minimum atomic E-state index is -5.15. The van der Waals surface area contributed by atoms with E-state index in [-0.39, 0.29) is 105 Å². The Balaban J connectivity index is 0.000000153. The number of phosphoric ester groups is 2. The second kappa shape index (κ2) is 32.6. The number of ether oxygens (including phenoxy) is 3. The van der Waals surface area contributed by atoms with Gasteiger partial charge in [0.25, 0.3) is 17.7 Å². The van der Waals surface area contributed by atoms with Crippen LogP contribution in [-0.2, 0) is 73.9 Å². The number of phosphoric acid groups is 2. The molecule has 0 saturated carbocycles. The SMILES string of the molecule is C.Cc1nnc(-c2ccc(-c3ccc4c(c3)C[C@H]3[C@H](CO)OC(=O)N43)cn2)o1.Cc1nnc(-c2ccc(-c3ccc4c(c3)C[C@H]3[C@H](COP(=O)(OCc5ccccc5)OCc5ccccc5)OC(=O)N43)cn2)o1.Cc1nnc(-c2ccc(-c3ccc4c(c3)C[C@H]3[C@H](COP(=O)([O-])[O-])OC(=O)N43)cn2)o1.[Na+].[Na+]. The third-order valence-electron chi connectivity index (χ3n) is 17.9. The number of carbonyl (C=O) groups excluding carboxylic acids is 3. The van der Waals surface area contributed by atoms with Crippen molar-refractivity contribution in [2.75, 3.05) is 34.5 Å². The maximum atomic E-state index is 13.8. The molecule has 30 nitrogen and oxygen atoms in total. The van der Waals surface area contributed by atoms with Crippen LogP contribution in [-0.4, -0.2) is 125 Å². The van der Waals surface area contributed by atoms with Gasteiger partial charge in [0, 0.05) is 56.1 Å². The number of aryl methyl sites for hydroxylation is 3. The molecular weight excluding hydrogens is 1430 g/mol. The molecule has 0 spiro atoms. The van der Waals surface area contributed by atoms with Crippen LogP contribution in [0.25, 0.3) is 68.1 Å².